The van der Waals surface area contributed by atoms with Gasteiger partial charge in [0.1, 0.15) is 11.5 Å². The highest BCUT2D eigenvalue weighted by Gasteiger charge is 2.11. The van der Waals surface area contributed by atoms with E-state index < -0.39 is 0 Å². The second kappa shape index (κ2) is 4.55. The molecular formula is C12H13FN2O2. The van der Waals surface area contributed by atoms with Crippen molar-refractivity contribution in [2.75, 3.05) is 6.61 Å². The van der Waals surface area contributed by atoms with Crippen LogP contribution in [0.15, 0.2) is 24.3 Å². The van der Waals surface area contributed by atoms with Crippen LogP contribution in [-0.4, -0.2) is 28.6 Å². The van der Waals surface area contributed by atoms with E-state index in [0.29, 0.717) is 16.6 Å². The van der Waals surface area contributed by atoms with E-state index in [1.165, 1.54) is 12.1 Å². The van der Waals surface area contributed by atoms with Gasteiger partial charge in [-0.1, -0.05) is 0 Å². The monoisotopic (exact) mass is 236 g/mol. The molecular weight excluding hydrogens is 223 g/mol. The zero-order valence-electron chi connectivity index (χ0n) is 9.33. The normalized spacial score (nSPS) is 12.6. The molecule has 1 aromatic heterocycles. The molecule has 0 saturated carbocycles. The van der Waals surface area contributed by atoms with Crippen LogP contribution >= 0.6 is 0 Å². The van der Waals surface area contributed by atoms with Gasteiger partial charge in [0, 0.05) is 16.9 Å². The van der Waals surface area contributed by atoms with Crippen molar-refractivity contribution in [1.82, 2.24) is 10.3 Å². The van der Waals surface area contributed by atoms with Crippen molar-refractivity contribution >= 4 is 16.8 Å². The first-order chi connectivity index (χ1) is 8.10. The number of aromatic amines is 1. The summed E-state index contributed by atoms with van der Waals surface area (Å²) in [6, 6.07) is 5.54. The maximum absolute atomic E-state index is 13.0. The summed E-state index contributed by atoms with van der Waals surface area (Å²) in [5, 5.41) is 12.1. The first-order valence-electron chi connectivity index (χ1n) is 5.30. The Kier molecular flexibility index (Phi) is 3.10. The number of aliphatic hydroxyl groups is 1. The van der Waals surface area contributed by atoms with Crippen LogP contribution in [0.25, 0.3) is 10.9 Å². The van der Waals surface area contributed by atoms with Crippen LogP contribution in [0.1, 0.15) is 17.4 Å². The Bertz CT molecular complexity index is 550. The summed E-state index contributed by atoms with van der Waals surface area (Å²) in [6.45, 7) is 1.57. The number of hydrogen-bond donors (Lipinski definition) is 3. The Morgan fingerprint density at radius 1 is 1.53 bits per heavy atom. The van der Waals surface area contributed by atoms with E-state index in [9.17, 15) is 9.18 Å². The molecule has 5 heteroatoms. The average Bonchev–Trinajstić information content (AvgIpc) is 2.71. The largest absolute Gasteiger partial charge is 0.394 e. The Morgan fingerprint density at radius 3 is 3.00 bits per heavy atom. The first-order valence-corrected chi connectivity index (χ1v) is 5.30. The van der Waals surface area contributed by atoms with Crippen molar-refractivity contribution in [1.29, 1.82) is 0 Å². The highest BCUT2D eigenvalue weighted by molar-refractivity contribution is 5.98. The van der Waals surface area contributed by atoms with E-state index in [1.807, 2.05) is 0 Å². The molecule has 0 aliphatic rings. The van der Waals surface area contributed by atoms with Crippen LogP contribution in [-0.2, 0) is 0 Å². The molecule has 0 fully saturated rings. The fourth-order valence-electron chi connectivity index (χ4n) is 1.57. The van der Waals surface area contributed by atoms with E-state index >= 15 is 0 Å². The molecule has 0 aliphatic heterocycles. The first kappa shape index (κ1) is 11.6. The number of carbonyl (C=O) groups is 1. The summed E-state index contributed by atoms with van der Waals surface area (Å²) in [4.78, 5) is 14.6. The molecule has 2 rings (SSSR count). The van der Waals surface area contributed by atoms with Crippen molar-refractivity contribution in [3.05, 3.63) is 35.8 Å². The van der Waals surface area contributed by atoms with E-state index in [4.69, 9.17) is 5.11 Å². The van der Waals surface area contributed by atoms with Gasteiger partial charge in [0.2, 0.25) is 0 Å². The third kappa shape index (κ3) is 2.45. The predicted octanol–water partition coefficient (Wildman–Crippen LogP) is 1.42. The summed E-state index contributed by atoms with van der Waals surface area (Å²) in [5.74, 6) is -0.657. The number of H-pyrrole nitrogens is 1. The Labute approximate surface area is 97.5 Å². The van der Waals surface area contributed by atoms with Gasteiger partial charge in [-0.25, -0.2) is 4.39 Å². The Morgan fingerprint density at radius 2 is 2.29 bits per heavy atom. The number of nitrogens with one attached hydrogen (secondary N) is 2. The molecule has 4 nitrogen and oxygen atoms in total. The fraction of sp³-hybridized carbons (Fsp3) is 0.250. The van der Waals surface area contributed by atoms with Crippen LogP contribution in [0.2, 0.25) is 0 Å². The van der Waals surface area contributed by atoms with Crippen LogP contribution in [0.3, 0.4) is 0 Å². The number of aromatic nitrogens is 1. The van der Waals surface area contributed by atoms with Crippen molar-refractivity contribution < 1.29 is 14.3 Å². The molecule has 0 saturated heterocycles. The lowest BCUT2D eigenvalue weighted by Crippen LogP contribution is -2.35. The van der Waals surface area contributed by atoms with Gasteiger partial charge in [0.05, 0.1) is 6.61 Å². The molecule has 0 aliphatic carbocycles. The van der Waals surface area contributed by atoms with Crippen molar-refractivity contribution in [3.8, 4) is 0 Å². The molecule has 1 aromatic carbocycles. The third-order valence-electron chi connectivity index (χ3n) is 2.48. The number of amides is 1. The minimum absolute atomic E-state index is 0.124. The number of fused-ring (bicyclic) bond motifs is 1. The molecule has 17 heavy (non-hydrogen) atoms. The lowest BCUT2D eigenvalue weighted by Gasteiger charge is -2.08. The van der Waals surface area contributed by atoms with Gasteiger partial charge in [0.25, 0.3) is 5.91 Å². The molecule has 1 amide bonds. The van der Waals surface area contributed by atoms with Crippen LogP contribution in [0.5, 0.6) is 0 Å². The summed E-state index contributed by atoms with van der Waals surface area (Å²) < 4.78 is 13.0. The molecule has 1 heterocycles. The maximum Gasteiger partial charge on any atom is 0.268 e. The van der Waals surface area contributed by atoms with Crippen LogP contribution < -0.4 is 5.32 Å². The summed E-state index contributed by atoms with van der Waals surface area (Å²) in [7, 11) is 0. The minimum atomic E-state index is -0.341. The summed E-state index contributed by atoms with van der Waals surface area (Å²) in [6.07, 6.45) is 0. The molecule has 0 bridgehead atoms. The fourth-order valence-corrected chi connectivity index (χ4v) is 1.57. The van der Waals surface area contributed by atoms with Crippen LogP contribution in [0, 0.1) is 5.82 Å². The Hall–Kier alpha value is -1.88. The number of benzene rings is 1. The number of hydrogen-bond acceptors (Lipinski definition) is 2. The van der Waals surface area contributed by atoms with Crippen molar-refractivity contribution in [3.63, 3.8) is 0 Å². The van der Waals surface area contributed by atoms with Gasteiger partial charge in [0.15, 0.2) is 0 Å². The van der Waals surface area contributed by atoms with E-state index in [-0.39, 0.29) is 24.4 Å². The summed E-state index contributed by atoms with van der Waals surface area (Å²) in [5.41, 5.74) is 1.05. The number of aliphatic hydroxyl groups excluding tert-OH is 1. The maximum atomic E-state index is 13.0. The van der Waals surface area contributed by atoms with Gasteiger partial charge >= 0.3 is 0 Å². The summed E-state index contributed by atoms with van der Waals surface area (Å²) >= 11 is 0. The highest BCUT2D eigenvalue weighted by atomic mass is 19.1. The van der Waals surface area contributed by atoms with Crippen molar-refractivity contribution in [2.24, 2.45) is 0 Å². The topological polar surface area (TPSA) is 65.1 Å². The average molecular weight is 236 g/mol. The number of carbonyl (C=O) groups excluding carboxylic acids is 1. The molecule has 1 unspecified atom stereocenters. The van der Waals surface area contributed by atoms with Gasteiger partial charge in [-0.2, -0.15) is 0 Å². The van der Waals surface area contributed by atoms with E-state index in [2.05, 4.69) is 10.3 Å². The van der Waals surface area contributed by atoms with Gasteiger partial charge in [-0.05, 0) is 31.2 Å². The molecule has 1 atom stereocenters. The standard InChI is InChI=1S/C12H13FN2O2/c1-7(6-16)14-12(17)11-5-8-4-9(13)2-3-10(8)15-11/h2-5,7,15-16H,6H2,1H3,(H,14,17). The number of rotatable bonds is 3. The van der Waals surface area contributed by atoms with E-state index in [1.54, 1.807) is 19.1 Å². The minimum Gasteiger partial charge on any atom is -0.394 e. The second-order valence-corrected chi connectivity index (χ2v) is 3.97. The van der Waals surface area contributed by atoms with Gasteiger partial charge in [-0.3, -0.25) is 4.79 Å². The quantitative estimate of drug-likeness (QED) is 0.754. The predicted molar refractivity (Wildman–Crippen MR) is 62.3 cm³/mol. The zero-order chi connectivity index (χ0) is 12.4. The molecule has 0 radical (unpaired) electrons. The third-order valence-corrected chi connectivity index (χ3v) is 2.48. The van der Waals surface area contributed by atoms with Gasteiger partial charge in [-0.15, -0.1) is 0 Å². The van der Waals surface area contributed by atoms with E-state index in [0.717, 1.165) is 0 Å². The van der Waals surface area contributed by atoms with Crippen molar-refractivity contribution in [2.45, 2.75) is 13.0 Å². The molecule has 0 spiro atoms. The molecule has 3 N–H and O–H groups in total. The lowest BCUT2D eigenvalue weighted by atomic mass is 10.2. The van der Waals surface area contributed by atoms with Gasteiger partial charge < -0.3 is 15.4 Å². The molecule has 90 valence electrons. The second-order valence-electron chi connectivity index (χ2n) is 3.97. The SMILES string of the molecule is CC(CO)NC(=O)c1cc2cc(F)ccc2[nH]1. The van der Waals surface area contributed by atoms with Crippen LogP contribution in [0.4, 0.5) is 4.39 Å². The Balaban J connectivity index is 2.27. The lowest BCUT2D eigenvalue weighted by molar-refractivity contribution is 0.0918. The number of halogens is 1. The molecule has 2 aromatic rings. The smallest absolute Gasteiger partial charge is 0.268 e. The zero-order valence-corrected chi connectivity index (χ0v) is 9.33. The highest BCUT2D eigenvalue weighted by Crippen LogP contribution is 2.16.